The van der Waals surface area contributed by atoms with Crippen LogP contribution in [0.5, 0.6) is 5.75 Å². The summed E-state index contributed by atoms with van der Waals surface area (Å²) >= 11 is 0. The molecule has 2 fully saturated rings. The molecule has 2 aliphatic heterocycles. The average Bonchev–Trinajstić information content (AvgIpc) is 3.08. The van der Waals surface area contributed by atoms with Gasteiger partial charge in [0.05, 0.1) is 7.11 Å². The maximum Gasteiger partial charge on any atom is 0.272 e. The van der Waals surface area contributed by atoms with E-state index in [1.807, 2.05) is 17.0 Å². The summed E-state index contributed by atoms with van der Waals surface area (Å²) in [5, 5.41) is 0. The maximum atomic E-state index is 12.9. The highest BCUT2D eigenvalue weighted by Crippen LogP contribution is 2.22. The van der Waals surface area contributed by atoms with Crippen LogP contribution in [0.15, 0.2) is 36.5 Å². The Kier molecular flexibility index (Phi) is 6.12. The Hall–Kier alpha value is -2.83. The number of likely N-dealkylation sites (tertiary alicyclic amines) is 1. The highest BCUT2D eigenvalue weighted by Gasteiger charge is 2.22. The van der Waals surface area contributed by atoms with Gasteiger partial charge in [0, 0.05) is 51.2 Å². The molecule has 0 atom stereocenters. The Morgan fingerprint density at radius 2 is 1.52 bits per heavy atom. The first-order valence-corrected chi connectivity index (χ1v) is 10.5. The third kappa shape index (κ3) is 4.60. The number of ether oxygens (including phenoxy) is 1. The van der Waals surface area contributed by atoms with Crippen LogP contribution in [-0.4, -0.2) is 67.2 Å². The minimum absolute atomic E-state index is 0.0346. The molecule has 0 radical (unpaired) electrons. The SMILES string of the molecule is COc1ccc(N2CCN(c3nccc(C(=O)N4CCCCCC4)n3)CC2)cc1. The number of rotatable bonds is 4. The van der Waals surface area contributed by atoms with E-state index >= 15 is 0 Å². The molecule has 1 aromatic heterocycles. The van der Waals surface area contributed by atoms with Crippen LogP contribution < -0.4 is 14.5 Å². The molecule has 1 amide bonds. The van der Waals surface area contributed by atoms with Crippen LogP contribution in [0, 0.1) is 0 Å². The number of benzene rings is 1. The van der Waals surface area contributed by atoms with Crippen LogP contribution in [0.25, 0.3) is 0 Å². The quantitative estimate of drug-likeness (QED) is 0.793. The number of carbonyl (C=O) groups excluding carboxylic acids is 1. The number of hydrogen-bond donors (Lipinski definition) is 0. The molecule has 7 heteroatoms. The van der Waals surface area contributed by atoms with E-state index < -0.39 is 0 Å². The molecular weight excluding hydrogens is 366 g/mol. The summed E-state index contributed by atoms with van der Waals surface area (Å²) in [4.78, 5) is 28.4. The van der Waals surface area contributed by atoms with E-state index in [9.17, 15) is 4.79 Å². The topological polar surface area (TPSA) is 61.8 Å². The van der Waals surface area contributed by atoms with Crippen LogP contribution >= 0.6 is 0 Å². The lowest BCUT2D eigenvalue weighted by molar-refractivity contribution is 0.0755. The van der Waals surface area contributed by atoms with Gasteiger partial charge in [-0.2, -0.15) is 0 Å². The van der Waals surface area contributed by atoms with Gasteiger partial charge in [-0.25, -0.2) is 9.97 Å². The van der Waals surface area contributed by atoms with Gasteiger partial charge in [0.1, 0.15) is 11.4 Å². The molecular formula is C22H29N5O2. The predicted octanol–water partition coefficient (Wildman–Crippen LogP) is 2.83. The Balaban J connectivity index is 1.39. The zero-order chi connectivity index (χ0) is 20.1. The van der Waals surface area contributed by atoms with Crippen LogP contribution in [0.4, 0.5) is 11.6 Å². The molecule has 0 bridgehead atoms. The lowest BCUT2D eigenvalue weighted by atomic mass is 10.2. The largest absolute Gasteiger partial charge is 0.497 e. The summed E-state index contributed by atoms with van der Waals surface area (Å²) in [6.45, 7) is 5.10. The fourth-order valence-electron chi connectivity index (χ4n) is 4.01. The van der Waals surface area contributed by atoms with Crippen LogP contribution in [0.3, 0.4) is 0 Å². The molecule has 1 aromatic carbocycles. The third-order valence-corrected chi connectivity index (χ3v) is 5.76. The number of piperazine rings is 1. The smallest absolute Gasteiger partial charge is 0.272 e. The zero-order valence-corrected chi connectivity index (χ0v) is 17.1. The maximum absolute atomic E-state index is 12.9. The standard InChI is InChI=1S/C22H29N5O2/c1-29-19-8-6-18(7-9-19)25-14-16-27(17-15-25)22-23-11-10-20(24-22)21(28)26-12-4-2-3-5-13-26/h6-11H,2-5,12-17H2,1H3. The second kappa shape index (κ2) is 9.11. The van der Waals surface area contributed by atoms with Gasteiger partial charge in [0.2, 0.25) is 5.95 Å². The lowest BCUT2D eigenvalue weighted by Gasteiger charge is -2.36. The van der Waals surface area contributed by atoms with Gasteiger partial charge in [-0.3, -0.25) is 4.79 Å². The van der Waals surface area contributed by atoms with Gasteiger partial charge >= 0.3 is 0 Å². The summed E-state index contributed by atoms with van der Waals surface area (Å²) in [5.74, 6) is 1.55. The molecule has 0 saturated carbocycles. The van der Waals surface area contributed by atoms with Crippen LogP contribution in [0.2, 0.25) is 0 Å². The number of nitrogens with zero attached hydrogens (tertiary/aromatic N) is 5. The first-order chi connectivity index (χ1) is 14.2. The highest BCUT2D eigenvalue weighted by molar-refractivity contribution is 5.92. The average molecular weight is 396 g/mol. The number of methoxy groups -OCH3 is 1. The molecule has 2 saturated heterocycles. The third-order valence-electron chi connectivity index (χ3n) is 5.76. The van der Waals surface area contributed by atoms with Crippen LogP contribution in [0.1, 0.15) is 36.2 Å². The molecule has 29 heavy (non-hydrogen) atoms. The number of aromatic nitrogens is 2. The lowest BCUT2D eigenvalue weighted by Crippen LogP contribution is -2.47. The van der Waals surface area contributed by atoms with Gasteiger partial charge in [-0.1, -0.05) is 12.8 Å². The van der Waals surface area contributed by atoms with Crippen molar-refractivity contribution in [2.45, 2.75) is 25.7 Å². The second-order valence-electron chi connectivity index (χ2n) is 7.62. The summed E-state index contributed by atoms with van der Waals surface area (Å²) in [5.41, 5.74) is 1.70. The fraction of sp³-hybridized carbons (Fsp3) is 0.500. The van der Waals surface area contributed by atoms with E-state index in [0.29, 0.717) is 11.6 Å². The van der Waals surface area contributed by atoms with Crippen molar-refractivity contribution in [1.29, 1.82) is 0 Å². The van der Waals surface area contributed by atoms with Crippen molar-refractivity contribution in [3.63, 3.8) is 0 Å². The van der Waals surface area contributed by atoms with Crippen molar-refractivity contribution in [3.05, 3.63) is 42.2 Å². The highest BCUT2D eigenvalue weighted by atomic mass is 16.5. The molecule has 2 aliphatic rings. The number of hydrogen-bond acceptors (Lipinski definition) is 6. The number of amides is 1. The molecule has 0 aliphatic carbocycles. The van der Waals surface area contributed by atoms with Crippen molar-refractivity contribution in [3.8, 4) is 5.75 Å². The fourth-order valence-corrected chi connectivity index (χ4v) is 4.01. The zero-order valence-electron chi connectivity index (χ0n) is 17.1. The predicted molar refractivity (Wildman–Crippen MR) is 114 cm³/mol. The molecule has 0 N–H and O–H groups in total. The molecule has 0 unspecified atom stereocenters. The molecule has 154 valence electrons. The van der Waals surface area contributed by atoms with Gasteiger partial charge in [0.25, 0.3) is 5.91 Å². The van der Waals surface area contributed by atoms with Crippen molar-refractivity contribution in [1.82, 2.24) is 14.9 Å². The van der Waals surface area contributed by atoms with E-state index in [4.69, 9.17) is 4.74 Å². The number of anilines is 2. The van der Waals surface area contributed by atoms with Gasteiger partial charge in [0.15, 0.2) is 0 Å². The first-order valence-electron chi connectivity index (χ1n) is 10.5. The van der Waals surface area contributed by atoms with E-state index in [-0.39, 0.29) is 5.91 Å². The molecule has 2 aromatic rings. The van der Waals surface area contributed by atoms with Gasteiger partial charge in [-0.15, -0.1) is 0 Å². The van der Waals surface area contributed by atoms with Crippen molar-refractivity contribution < 1.29 is 9.53 Å². The normalized spacial score (nSPS) is 17.8. The minimum Gasteiger partial charge on any atom is -0.497 e. The minimum atomic E-state index is 0.0346. The Morgan fingerprint density at radius 1 is 0.862 bits per heavy atom. The molecule has 0 spiro atoms. The number of carbonyl (C=O) groups is 1. The summed E-state index contributed by atoms with van der Waals surface area (Å²) in [6.07, 6.45) is 6.28. The van der Waals surface area contributed by atoms with Crippen LogP contribution in [-0.2, 0) is 0 Å². The van der Waals surface area contributed by atoms with E-state index in [0.717, 1.165) is 57.9 Å². The van der Waals surface area contributed by atoms with Crippen molar-refractivity contribution in [2.24, 2.45) is 0 Å². The molecule has 3 heterocycles. The molecule has 4 rings (SSSR count). The van der Waals surface area contributed by atoms with Gasteiger partial charge < -0.3 is 19.4 Å². The second-order valence-corrected chi connectivity index (χ2v) is 7.62. The monoisotopic (exact) mass is 395 g/mol. The Bertz CT molecular complexity index is 810. The van der Waals surface area contributed by atoms with Crippen molar-refractivity contribution >= 4 is 17.5 Å². The molecule has 7 nitrogen and oxygen atoms in total. The first kappa shape index (κ1) is 19.5. The Labute approximate surface area is 172 Å². The van der Waals surface area contributed by atoms with E-state index in [1.165, 1.54) is 18.5 Å². The van der Waals surface area contributed by atoms with E-state index in [2.05, 4.69) is 31.9 Å². The summed E-state index contributed by atoms with van der Waals surface area (Å²) in [6, 6.07) is 9.90. The Morgan fingerprint density at radius 3 is 2.17 bits per heavy atom. The van der Waals surface area contributed by atoms with Gasteiger partial charge in [-0.05, 0) is 43.2 Å². The van der Waals surface area contributed by atoms with E-state index in [1.54, 1.807) is 19.4 Å². The van der Waals surface area contributed by atoms with Crippen molar-refractivity contribution in [2.75, 3.05) is 56.2 Å². The summed E-state index contributed by atoms with van der Waals surface area (Å²) < 4.78 is 5.24. The summed E-state index contributed by atoms with van der Waals surface area (Å²) in [7, 11) is 1.68.